The molecule has 0 bridgehead atoms. The van der Waals surface area contributed by atoms with Crippen molar-refractivity contribution in [3.05, 3.63) is 35.9 Å². The highest BCUT2D eigenvalue weighted by Gasteiger charge is 2.92. The summed E-state index contributed by atoms with van der Waals surface area (Å²) in [5, 5.41) is 9.62. The molecule has 0 amide bonds. The lowest BCUT2D eigenvalue weighted by Crippen LogP contribution is -2.72. The average molecular weight is 440 g/mol. The lowest BCUT2D eigenvalue weighted by Gasteiger charge is -2.43. The van der Waals surface area contributed by atoms with Crippen LogP contribution in [0.2, 0.25) is 0 Å². The lowest BCUT2D eigenvalue weighted by atomic mass is 9.81. The third-order valence-electron chi connectivity index (χ3n) is 3.88. The first-order valence-electron chi connectivity index (χ1n) is 6.84. The van der Waals surface area contributed by atoms with Crippen molar-refractivity contribution in [2.75, 3.05) is 0 Å². The topological polar surface area (TPSA) is 20.2 Å². The zero-order valence-corrected chi connectivity index (χ0v) is 13.2. The number of rotatable bonds is 6. The molecular weight excluding hydrogens is 431 g/mol. The van der Waals surface area contributed by atoms with Crippen molar-refractivity contribution in [2.45, 2.75) is 48.3 Å². The zero-order valence-electron chi connectivity index (χ0n) is 13.2. The van der Waals surface area contributed by atoms with Crippen LogP contribution in [0.4, 0.5) is 57.1 Å². The molecule has 1 aromatic carbocycles. The predicted molar refractivity (Wildman–Crippen MR) is 66.8 cm³/mol. The molecule has 1 unspecified atom stereocenters. The molecule has 0 saturated heterocycles. The molecule has 28 heavy (non-hydrogen) atoms. The van der Waals surface area contributed by atoms with E-state index < -0.39 is 47.0 Å². The Morgan fingerprint density at radius 1 is 0.536 bits per heavy atom. The maximum Gasteiger partial charge on any atom is 0.460 e. The molecule has 0 heterocycles. The molecule has 162 valence electrons. The Hall–Kier alpha value is -1.73. The molecule has 0 aliphatic rings. The van der Waals surface area contributed by atoms with Crippen LogP contribution in [0.3, 0.4) is 0 Å². The smallest absolute Gasteiger partial charge is 0.379 e. The molecule has 14 heteroatoms. The van der Waals surface area contributed by atoms with E-state index in [1.54, 1.807) is 0 Å². The van der Waals surface area contributed by atoms with Crippen molar-refractivity contribution in [1.29, 1.82) is 0 Å². The van der Waals surface area contributed by atoms with E-state index in [2.05, 4.69) is 0 Å². The monoisotopic (exact) mass is 440 g/mol. The fourth-order valence-corrected chi connectivity index (χ4v) is 2.02. The number of alkyl halides is 13. The fourth-order valence-electron chi connectivity index (χ4n) is 2.02. The molecule has 0 spiro atoms. The van der Waals surface area contributed by atoms with Crippen LogP contribution in [-0.2, 0) is 5.60 Å². The largest absolute Gasteiger partial charge is 0.460 e. The van der Waals surface area contributed by atoms with Crippen molar-refractivity contribution >= 4 is 0 Å². The molecule has 0 saturated carbocycles. The van der Waals surface area contributed by atoms with Gasteiger partial charge in [0.2, 0.25) is 0 Å². The summed E-state index contributed by atoms with van der Waals surface area (Å²) in [7, 11) is 0. The van der Waals surface area contributed by atoms with E-state index in [0.717, 1.165) is 18.2 Å². The average Bonchev–Trinajstić information content (AvgIpc) is 2.53. The van der Waals surface area contributed by atoms with Crippen LogP contribution < -0.4 is 0 Å². The van der Waals surface area contributed by atoms with Crippen LogP contribution in [-0.4, -0.2) is 40.9 Å². The van der Waals surface area contributed by atoms with E-state index in [-0.39, 0.29) is 6.92 Å². The van der Waals surface area contributed by atoms with Crippen LogP contribution in [0, 0.1) is 0 Å². The molecule has 0 aliphatic carbocycles. The van der Waals surface area contributed by atoms with Gasteiger partial charge in [0.15, 0.2) is 5.60 Å². The maximum absolute atomic E-state index is 14.0. The predicted octanol–water partition coefficient (Wildman–Crippen LogP) is 5.63. The van der Waals surface area contributed by atoms with Crippen molar-refractivity contribution in [3.63, 3.8) is 0 Å². The summed E-state index contributed by atoms with van der Waals surface area (Å²) in [6.45, 7) is -0.230. The van der Waals surface area contributed by atoms with Gasteiger partial charge in [0, 0.05) is 0 Å². The Kier molecular flexibility index (Phi) is 5.55. The number of hydrogen-bond donors (Lipinski definition) is 1. The molecule has 0 radical (unpaired) electrons. The Bertz CT molecular complexity index is 691. The molecule has 0 aliphatic heterocycles. The second-order valence-corrected chi connectivity index (χ2v) is 5.81. The maximum atomic E-state index is 14.0. The first-order valence-corrected chi connectivity index (χ1v) is 6.84. The van der Waals surface area contributed by atoms with Crippen LogP contribution in [0.25, 0.3) is 0 Å². The van der Waals surface area contributed by atoms with Crippen molar-refractivity contribution in [2.24, 2.45) is 0 Å². The van der Waals surface area contributed by atoms with Gasteiger partial charge in [-0.3, -0.25) is 0 Å². The Morgan fingerprint density at radius 3 is 1.21 bits per heavy atom. The van der Waals surface area contributed by atoms with E-state index in [1.165, 1.54) is 0 Å². The first-order chi connectivity index (χ1) is 12.1. The third-order valence-corrected chi connectivity index (χ3v) is 3.88. The summed E-state index contributed by atoms with van der Waals surface area (Å²) >= 11 is 0. The van der Waals surface area contributed by atoms with E-state index in [1.807, 2.05) is 0 Å². The highest BCUT2D eigenvalue weighted by atomic mass is 19.4. The first kappa shape index (κ1) is 24.3. The van der Waals surface area contributed by atoms with E-state index in [0.29, 0.717) is 12.1 Å². The van der Waals surface area contributed by atoms with Crippen LogP contribution in [0.15, 0.2) is 30.3 Å². The van der Waals surface area contributed by atoms with Crippen LogP contribution >= 0.6 is 0 Å². The van der Waals surface area contributed by atoms with Gasteiger partial charge in [-0.25, -0.2) is 0 Å². The summed E-state index contributed by atoms with van der Waals surface area (Å²) in [6, 6.07) is 3.71. The lowest BCUT2D eigenvalue weighted by molar-refractivity contribution is -0.450. The van der Waals surface area contributed by atoms with Crippen molar-refractivity contribution < 1.29 is 62.2 Å². The van der Waals surface area contributed by atoms with E-state index in [9.17, 15) is 62.2 Å². The summed E-state index contributed by atoms with van der Waals surface area (Å²) in [6.07, 6.45) is -7.48. The van der Waals surface area contributed by atoms with Gasteiger partial charge in [-0.1, -0.05) is 30.3 Å². The summed E-state index contributed by atoms with van der Waals surface area (Å²) < 4.78 is 170. The number of halogens is 13. The molecule has 1 aromatic rings. The minimum absolute atomic E-state index is 0.230. The summed E-state index contributed by atoms with van der Waals surface area (Å²) in [5.41, 5.74) is -5.61. The SMILES string of the molecule is CC(O)(c1ccccc1)C(F)(F)C(F)(F)C(F)(F)C(F)(F)C(F)(F)C(F)(F)F. The van der Waals surface area contributed by atoms with Gasteiger partial charge in [-0.2, -0.15) is 57.1 Å². The quantitative estimate of drug-likeness (QED) is 0.569. The molecule has 1 N–H and O–H groups in total. The van der Waals surface area contributed by atoms with Gasteiger partial charge >= 0.3 is 35.8 Å². The summed E-state index contributed by atoms with van der Waals surface area (Å²) in [5.74, 6) is -37.9. The van der Waals surface area contributed by atoms with Crippen LogP contribution in [0.1, 0.15) is 12.5 Å². The molecule has 0 aromatic heterocycles. The third kappa shape index (κ3) is 2.99. The summed E-state index contributed by atoms with van der Waals surface area (Å²) in [4.78, 5) is 0. The highest BCUT2D eigenvalue weighted by Crippen LogP contribution is 2.62. The van der Waals surface area contributed by atoms with E-state index >= 15 is 0 Å². The van der Waals surface area contributed by atoms with Crippen molar-refractivity contribution in [1.82, 2.24) is 0 Å². The standard InChI is InChI=1S/C14H9F13O/c1-8(28,7-5-3-2-4-6-7)9(15,16)10(17,18)11(19,20)12(21,22)13(23,24)14(25,26)27/h2-6,28H,1H3. The fraction of sp³-hybridized carbons (Fsp3) is 0.571. The van der Waals surface area contributed by atoms with Gasteiger partial charge in [-0.05, 0) is 12.5 Å². The molecule has 1 nitrogen and oxygen atoms in total. The molecule has 0 fully saturated rings. The highest BCUT2D eigenvalue weighted by molar-refractivity contribution is 5.27. The zero-order chi connectivity index (χ0) is 22.6. The minimum Gasteiger partial charge on any atom is -0.379 e. The van der Waals surface area contributed by atoms with Crippen LogP contribution in [0.5, 0.6) is 0 Å². The van der Waals surface area contributed by atoms with Gasteiger partial charge in [0.1, 0.15) is 0 Å². The van der Waals surface area contributed by atoms with Crippen molar-refractivity contribution in [3.8, 4) is 0 Å². The van der Waals surface area contributed by atoms with Gasteiger partial charge in [-0.15, -0.1) is 0 Å². The molecular formula is C14H9F13O. The van der Waals surface area contributed by atoms with Gasteiger partial charge < -0.3 is 5.11 Å². The molecule has 1 rings (SSSR count). The van der Waals surface area contributed by atoms with E-state index in [4.69, 9.17) is 0 Å². The number of aliphatic hydroxyl groups is 1. The number of hydrogen-bond acceptors (Lipinski definition) is 1. The Morgan fingerprint density at radius 2 is 0.857 bits per heavy atom. The van der Waals surface area contributed by atoms with Gasteiger partial charge in [0.25, 0.3) is 0 Å². The van der Waals surface area contributed by atoms with Gasteiger partial charge in [0.05, 0.1) is 0 Å². The normalized spacial score (nSPS) is 17.4. The Balaban J connectivity index is 3.62. The minimum atomic E-state index is -8.00. The number of benzene rings is 1. The second-order valence-electron chi connectivity index (χ2n) is 5.81. The molecule has 1 atom stereocenters. The Labute approximate surface area is 147 Å². The second kappa shape index (κ2) is 6.39.